The minimum Gasteiger partial charge on any atom is -0.244 e. The minimum atomic E-state index is 0. The van der Waals surface area contributed by atoms with Gasteiger partial charge >= 0.3 is 0 Å². The van der Waals surface area contributed by atoms with Crippen molar-refractivity contribution in [1.82, 2.24) is 9.97 Å². The van der Waals surface area contributed by atoms with E-state index in [9.17, 15) is 0 Å². The molecule has 0 fully saturated rings. The fourth-order valence-electron chi connectivity index (χ4n) is 0.714. The Morgan fingerprint density at radius 1 is 1.27 bits per heavy atom. The molecule has 0 radical (unpaired) electrons. The SMILES string of the molecule is Cl.Cl.c1ncc2ccsc2n1. The van der Waals surface area contributed by atoms with Crippen LogP contribution in [0.15, 0.2) is 24.0 Å². The van der Waals surface area contributed by atoms with Crippen molar-refractivity contribution >= 4 is 46.4 Å². The lowest BCUT2D eigenvalue weighted by Gasteiger charge is -1.81. The number of nitrogens with zero attached hydrogens (tertiary/aromatic N) is 2. The van der Waals surface area contributed by atoms with Crippen molar-refractivity contribution in [3.8, 4) is 0 Å². The molecule has 0 saturated heterocycles. The van der Waals surface area contributed by atoms with Crippen molar-refractivity contribution in [2.24, 2.45) is 0 Å². The van der Waals surface area contributed by atoms with E-state index in [0.29, 0.717) is 0 Å². The van der Waals surface area contributed by atoms with Gasteiger partial charge in [0, 0.05) is 11.6 Å². The van der Waals surface area contributed by atoms with E-state index in [-0.39, 0.29) is 24.8 Å². The third kappa shape index (κ3) is 2.02. The minimum absolute atomic E-state index is 0. The van der Waals surface area contributed by atoms with Gasteiger partial charge in [0.1, 0.15) is 11.2 Å². The van der Waals surface area contributed by atoms with E-state index in [4.69, 9.17) is 0 Å². The topological polar surface area (TPSA) is 25.8 Å². The largest absolute Gasteiger partial charge is 0.244 e. The number of hydrogen-bond acceptors (Lipinski definition) is 3. The number of thiophene rings is 1. The number of hydrogen-bond donors (Lipinski definition) is 0. The molecule has 0 N–H and O–H groups in total. The van der Waals surface area contributed by atoms with Crippen LogP contribution in [0.3, 0.4) is 0 Å². The van der Waals surface area contributed by atoms with Gasteiger partial charge in [-0.25, -0.2) is 9.97 Å². The maximum atomic E-state index is 4.05. The summed E-state index contributed by atoms with van der Waals surface area (Å²) in [5.74, 6) is 0. The van der Waals surface area contributed by atoms with Crippen LogP contribution < -0.4 is 0 Å². The van der Waals surface area contributed by atoms with Gasteiger partial charge in [-0.1, -0.05) is 0 Å². The highest BCUT2D eigenvalue weighted by Crippen LogP contribution is 2.14. The summed E-state index contributed by atoms with van der Waals surface area (Å²) in [5.41, 5.74) is 0. The first-order chi connectivity index (χ1) is 4.47. The van der Waals surface area contributed by atoms with Crippen LogP contribution in [0.2, 0.25) is 0 Å². The van der Waals surface area contributed by atoms with Gasteiger partial charge in [0.05, 0.1) is 0 Å². The Labute approximate surface area is 80.5 Å². The molecule has 0 unspecified atom stereocenters. The summed E-state index contributed by atoms with van der Waals surface area (Å²) in [6, 6.07) is 2.01. The number of halogens is 2. The monoisotopic (exact) mass is 208 g/mol. The summed E-state index contributed by atoms with van der Waals surface area (Å²) in [6.07, 6.45) is 3.39. The van der Waals surface area contributed by atoms with Crippen LogP contribution >= 0.6 is 36.2 Å². The molecule has 2 nitrogen and oxygen atoms in total. The van der Waals surface area contributed by atoms with Gasteiger partial charge in [-0.2, -0.15) is 0 Å². The molecule has 0 aliphatic carbocycles. The fourth-order valence-corrected chi connectivity index (χ4v) is 1.42. The highest BCUT2D eigenvalue weighted by molar-refractivity contribution is 7.16. The van der Waals surface area contributed by atoms with E-state index in [0.717, 1.165) is 10.2 Å². The zero-order valence-corrected chi connectivity index (χ0v) is 7.88. The van der Waals surface area contributed by atoms with Crippen molar-refractivity contribution in [2.45, 2.75) is 0 Å². The second-order valence-corrected chi connectivity index (χ2v) is 2.60. The van der Waals surface area contributed by atoms with Gasteiger partial charge in [-0.05, 0) is 11.4 Å². The van der Waals surface area contributed by atoms with Crippen LogP contribution in [0.4, 0.5) is 0 Å². The summed E-state index contributed by atoms with van der Waals surface area (Å²) < 4.78 is 0. The summed E-state index contributed by atoms with van der Waals surface area (Å²) in [4.78, 5) is 8.99. The average molecular weight is 209 g/mol. The molecule has 0 aliphatic rings. The molecule has 0 spiro atoms. The molecule has 5 heteroatoms. The summed E-state index contributed by atoms with van der Waals surface area (Å²) in [6.45, 7) is 0. The Bertz CT molecular complexity index is 293. The van der Waals surface area contributed by atoms with Crippen molar-refractivity contribution in [3.63, 3.8) is 0 Å². The van der Waals surface area contributed by atoms with Gasteiger partial charge in [-0.15, -0.1) is 36.2 Å². The van der Waals surface area contributed by atoms with Crippen molar-refractivity contribution in [3.05, 3.63) is 24.0 Å². The summed E-state index contributed by atoms with van der Waals surface area (Å²) in [7, 11) is 0. The molecule has 2 aromatic rings. The van der Waals surface area contributed by atoms with Crippen LogP contribution in [0.5, 0.6) is 0 Å². The molecule has 0 atom stereocenters. The van der Waals surface area contributed by atoms with Crippen LogP contribution in [0, 0.1) is 0 Å². The Balaban J connectivity index is 0.000000500. The maximum absolute atomic E-state index is 4.05. The number of fused-ring (bicyclic) bond motifs is 1. The second-order valence-electron chi connectivity index (χ2n) is 1.70. The first kappa shape index (κ1) is 10.6. The van der Waals surface area contributed by atoms with E-state index in [2.05, 4.69) is 9.97 Å². The van der Waals surface area contributed by atoms with Gasteiger partial charge in [0.15, 0.2) is 0 Å². The van der Waals surface area contributed by atoms with Crippen molar-refractivity contribution < 1.29 is 0 Å². The van der Waals surface area contributed by atoms with E-state index in [1.165, 1.54) is 0 Å². The number of aromatic nitrogens is 2. The van der Waals surface area contributed by atoms with Crippen LogP contribution in [0.1, 0.15) is 0 Å². The van der Waals surface area contributed by atoms with Gasteiger partial charge < -0.3 is 0 Å². The molecule has 2 aromatic heterocycles. The third-order valence-electron chi connectivity index (χ3n) is 1.13. The van der Waals surface area contributed by atoms with Gasteiger partial charge in [0.25, 0.3) is 0 Å². The standard InChI is InChI=1S/C6H4N2S.2ClH/c1-2-9-6-5(1)3-7-4-8-6;;/h1-4H;2*1H. The van der Waals surface area contributed by atoms with Gasteiger partial charge in [-0.3, -0.25) is 0 Å². The van der Waals surface area contributed by atoms with E-state index in [1.54, 1.807) is 17.7 Å². The zero-order valence-electron chi connectivity index (χ0n) is 5.43. The van der Waals surface area contributed by atoms with Crippen molar-refractivity contribution in [1.29, 1.82) is 0 Å². The predicted molar refractivity (Wildman–Crippen MR) is 51.9 cm³/mol. The first-order valence-corrected chi connectivity index (χ1v) is 3.48. The molecule has 0 bridgehead atoms. The molecule has 0 aromatic carbocycles. The highest BCUT2D eigenvalue weighted by atomic mass is 35.5. The lowest BCUT2D eigenvalue weighted by molar-refractivity contribution is 1.23. The van der Waals surface area contributed by atoms with E-state index >= 15 is 0 Å². The van der Waals surface area contributed by atoms with E-state index < -0.39 is 0 Å². The first-order valence-electron chi connectivity index (χ1n) is 2.60. The molecule has 11 heavy (non-hydrogen) atoms. The molecule has 0 saturated carbocycles. The Kier molecular flexibility index (Phi) is 4.33. The lowest BCUT2D eigenvalue weighted by atomic mass is 10.4. The normalized spacial score (nSPS) is 8.36. The molecule has 0 aliphatic heterocycles. The molecule has 60 valence electrons. The zero-order chi connectivity index (χ0) is 6.10. The van der Waals surface area contributed by atoms with Crippen LogP contribution in [-0.2, 0) is 0 Å². The Morgan fingerprint density at radius 2 is 2.09 bits per heavy atom. The highest BCUT2D eigenvalue weighted by Gasteiger charge is 1.90. The predicted octanol–water partition coefficient (Wildman–Crippen LogP) is 2.53. The quantitative estimate of drug-likeness (QED) is 0.666. The Hall–Kier alpha value is -0.380. The lowest BCUT2D eigenvalue weighted by Crippen LogP contribution is -1.71. The molecular weight excluding hydrogens is 203 g/mol. The third-order valence-corrected chi connectivity index (χ3v) is 1.97. The second kappa shape index (κ2) is 4.49. The molecular formula is C6H6Cl2N2S. The molecule has 2 rings (SSSR count). The molecule has 0 amide bonds. The average Bonchev–Trinajstić information content (AvgIpc) is 2.33. The van der Waals surface area contributed by atoms with E-state index in [1.807, 2.05) is 17.6 Å². The number of rotatable bonds is 0. The summed E-state index contributed by atoms with van der Waals surface area (Å²) in [5, 5.41) is 3.14. The van der Waals surface area contributed by atoms with Crippen LogP contribution in [0.25, 0.3) is 10.2 Å². The smallest absolute Gasteiger partial charge is 0.126 e. The van der Waals surface area contributed by atoms with Crippen molar-refractivity contribution in [2.75, 3.05) is 0 Å². The Morgan fingerprint density at radius 3 is 2.82 bits per heavy atom. The van der Waals surface area contributed by atoms with Gasteiger partial charge in [0.2, 0.25) is 0 Å². The maximum Gasteiger partial charge on any atom is 0.126 e. The fraction of sp³-hybridized carbons (Fsp3) is 0. The molecule has 2 heterocycles. The van der Waals surface area contributed by atoms with Crippen LogP contribution in [-0.4, -0.2) is 9.97 Å². The summed E-state index contributed by atoms with van der Waals surface area (Å²) >= 11 is 1.64.